The van der Waals surface area contributed by atoms with Crippen molar-refractivity contribution in [2.75, 3.05) is 13.6 Å². The third kappa shape index (κ3) is 5.36. The number of carboxylic acids is 1. The summed E-state index contributed by atoms with van der Waals surface area (Å²) >= 11 is 0. The molecule has 0 aliphatic rings. The monoisotopic (exact) mass is 324 g/mol. The molecule has 2 N–H and O–H groups in total. The van der Waals surface area contributed by atoms with Gasteiger partial charge >= 0.3 is 5.97 Å². The second kappa shape index (κ2) is 8.26. The fourth-order valence-electron chi connectivity index (χ4n) is 1.99. The highest BCUT2D eigenvalue weighted by molar-refractivity contribution is 5.97. The molecule has 0 bridgehead atoms. The van der Waals surface area contributed by atoms with E-state index in [-0.39, 0.29) is 24.4 Å². The molecular formula is C16H21FN2O4. The smallest absolute Gasteiger partial charge is 0.305 e. The lowest BCUT2D eigenvalue weighted by Gasteiger charge is -2.26. The van der Waals surface area contributed by atoms with Crippen LogP contribution in [0.2, 0.25) is 0 Å². The van der Waals surface area contributed by atoms with Crippen molar-refractivity contribution >= 4 is 17.8 Å². The van der Waals surface area contributed by atoms with Crippen LogP contribution < -0.4 is 5.32 Å². The van der Waals surface area contributed by atoms with Crippen LogP contribution in [-0.2, 0) is 9.59 Å². The van der Waals surface area contributed by atoms with Gasteiger partial charge in [-0.15, -0.1) is 0 Å². The summed E-state index contributed by atoms with van der Waals surface area (Å²) < 4.78 is 13.6. The van der Waals surface area contributed by atoms with Crippen molar-refractivity contribution in [3.8, 4) is 0 Å². The van der Waals surface area contributed by atoms with Gasteiger partial charge in [-0.05, 0) is 18.1 Å². The van der Waals surface area contributed by atoms with Crippen molar-refractivity contribution in [3.63, 3.8) is 0 Å². The second-order valence-corrected chi connectivity index (χ2v) is 5.58. The van der Waals surface area contributed by atoms with Crippen LogP contribution in [0.5, 0.6) is 0 Å². The molecule has 1 rings (SSSR count). The zero-order valence-corrected chi connectivity index (χ0v) is 13.4. The Labute approximate surface area is 134 Å². The van der Waals surface area contributed by atoms with Crippen LogP contribution in [0.4, 0.5) is 4.39 Å². The van der Waals surface area contributed by atoms with E-state index in [2.05, 4.69) is 5.32 Å². The van der Waals surface area contributed by atoms with Crippen LogP contribution in [-0.4, -0.2) is 47.4 Å². The minimum Gasteiger partial charge on any atom is -0.481 e. The minimum atomic E-state index is -1.01. The quantitative estimate of drug-likeness (QED) is 0.796. The van der Waals surface area contributed by atoms with Crippen LogP contribution in [0.1, 0.15) is 30.6 Å². The van der Waals surface area contributed by atoms with Gasteiger partial charge in [0, 0.05) is 13.6 Å². The highest BCUT2D eigenvalue weighted by Crippen LogP contribution is 2.10. The summed E-state index contributed by atoms with van der Waals surface area (Å²) in [5.74, 6) is -3.00. The standard InChI is InChI=1S/C16H21FN2O4/c1-10(2)14(16(23)19(3)9-8-13(20)21)18-15(22)11-6-4-5-7-12(11)17/h4-7,10,14H,8-9H2,1-3H3,(H,18,22)(H,20,21). The molecule has 0 aliphatic carbocycles. The van der Waals surface area contributed by atoms with Crippen LogP contribution in [0.25, 0.3) is 0 Å². The highest BCUT2D eigenvalue weighted by atomic mass is 19.1. The molecular weight excluding hydrogens is 303 g/mol. The van der Waals surface area contributed by atoms with Crippen molar-refractivity contribution in [2.45, 2.75) is 26.3 Å². The third-order valence-electron chi connectivity index (χ3n) is 3.38. The van der Waals surface area contributed by atoms with Gasteiger partial charge in [-0.1, -0.05) is 26.0 Å². The summed E-state index contributed by atoms with van der Waals surface area (Å²) in [5, 5.41) is 11.2. The molecule has 23 heavy (non-hydrogen) atoms. The lowest BCUT2D eigenvalue weighted by molar-refractivity contribution is -0.138. The van der Waals surface area contributed by atoms with Gasteiger partial charge in [-0.25, -0.2) is 4.39 Å². The highest BCUT2D eigenvalue weighted by Gasteiger charge is 2.28. The molecule has 1 aromatic carbocycles. The van der Waals surface area contributed by atoms with Gasteiger partial charge in [-0.2, -0.15) is 0 Å². The number of carbonyl (C=O) groups excluding carboxylic acids is 2. The summed E-state index contributed by atoms with van der Waals surface area (Å²) in [6.07, 6.45) is -0.186. The molecule has 0 fully saturated rings. The Morgan fingerprint density at radius 2 is 1.87 bits per heavy atom. The molecule has 2 amide bonds. The number of carbonyl (C=O) groups is 3. The van der Waals surface area contributed by atoms with Crippen molar-refractivity contribution in [2.24, 2.45) is 5.92 Å². The molecule has 0 aliphatic heterocycles. The molecule has 0 saturated carbocycles. The molecule has 0 saturated heterocycles. The van der Waals surface area contributed by atoms with Gasteiger partial charge in [0.1, 0.15) is 11.9 Å². The lowest BCUT2D eigenvalue weighted by atomic mass is 10.0. The molecule has 6 nitrogen and oxygen atoms in total. The van der Waals surface area contributed by atoms with Gasteiger partial charge in [0.15, 0.2) is 0 Å². The maximum Gasteiger partial charge on any atom is 0.305 e. The first-order valence-corrected chi connectivity index (χ1v) is 7.26. The first-order valence-electron chi connectivity index (χ1n) is 7.26. The van der Waals surface area contributed by atoms with E-state index < -0.39 is 29.6 Å². The topological polar surface area (TPSA) is 86.7 Å². The predicted octanol–water partition coefficient (Wildman–Crippen LogP) is 1.51. The number of rotatable bonds is 7. The Morgan fingerprint density at radius 3 is 2.39 bits per heavy atom. The van der Waals surface area contributed by atoms with Gasteiger partial charge < -0.3 is 15.3 Å². The maximum absolute atomic E-state index is 13.6. The largest absolute Gasteiger partial charge is 0.481 e. The van der Waals surface area contributed by atoms with E-state index in [1.54, 1.807) is 13.8 Å². The number of benzene rings is 1. The fraction of sp³-hybridized carbons (Fsp3) is 0.438. The Hall–Kier alpha value is -2.44. The molecule has 126 valence electrons. The van der Waals surface area contributed by atoms with E-state index in [0.29, 0.717) is 0 Å². The number of aliphatic carboxylic acids is 1. The Kier molecular flexibility index (Phi) is 6.68. The zero-order chi connectivity index (χ0) is 17.6. The number of nitrogens with one attached hydrogen (secondary N) is 1. The Balaban J connectivity index is 2.82. The summed E-state index contributed by atoms with van der Waals surface area (Å²) in [6.45, 7) is 3.53. The number of halogens is 1. The second-order valence-electron chi connectivity index (χ2n) is 5.58. The fourth-order valence-corrected chi connectivity index (χ4v) is 1.99. The number of hydrogen-bond acceptors (Lipinski definition) is 3. The molecule has 1 unspecified atom stereocenters. The molecule has 0 radical (unpaired) electrons. The number of hydrogen-bond donors (Lipinski definition) is 2. The van der Waals surface area contributed by atoms with Gasteiger partial charge in [-0.3, -0.25) is 14.4 Å². The summed E-state index contributed by atoms with van der Waals surface area (Å²) in [7, 11) is 1.47. The van der Waals surface area contributed by atoms with Crippen LogP contribution in [0.15, 0.2) is 24.3 Å². The number of amides is 2. The summed E-state index contributed by atoms with van der Waals surface area (Å²) in [6, 6.07) is 4.64. The normalized spacial score (nSPS) is 11.9. The summed E-state index contributed by atoms with van der Waals surface area (Å²) in [4.78, 5) is 36.4. The van der Waals surface area contributed by atoms with E-state index in [0.717, 1.165) is 0 Å². The molecule has 1 aromatic rings. The van der Waals surface area contributed by atoms with Crippen LogP contribution in [0, 0.1) is 11.7 Å². The van der Waals surface area contributed by atoms with E-state index >= 15 is 0 Å². The van der Waals surface area contributed by atoms with Crippen LogP contribution in [0.3, 0.4) is 0 Å². The van der Waals surface area contributed by atoms with Crippen molar-refractivity contribution in [1.29, 1.82) is 0 Å². The van der Waals surface area contributed by atoms with Crippen LogP contribution >= 0.6 is 0 Å². The first-order chi connectivity index (χ1) is 10.7. The molecule has 0 aromatic heterocycles. The van der Waals surface area contributed by atoms with E-state index in [9.17, 15) is 18.8 Å². The maximum atomic E-state index is 13.6. The Bertz CT molecular complexity index is 589. The van der Waals surface area contributed by atoms with Crippen molar-refractivity contribution in [1.82, 2.24) is 10.2 Å². The Morgan fingerprint density at radius 1 is 1.26 bits per heavy atom. The average molecular weight is 324 g/mol. The average Bonchev–Trinajstić information content (AvgIpc) is 2.49. The number of carboxylic acid groups (broad SMARTS) is 1. The predicted molar refractivity (Wildman–Crippen MR) is 82.4 cm³/mol. The van der Waals surface area contributed by atoms with E-state index in [1.165, 1.54) is 36.2 Å². The van der Waals surface area contributed by atoms with Gasteiger partial charge in [0.25, 0.3) is 5.91 Å². The van der Waals surface area contributed by atoms with Gasteiger partial charge in [0.2, 0.25) is 5.91 Å². The molecule has 0 heterocycles. The third-order valence-corrected chi connectivity index (χ3v) is 3.38. The number of nitrogens with zero attached hydrogens (tertiary/aromatic N) is 1. The van der Waals surface area contributed by atoms with Crippen molar-refractivity contribution in [3.05, 3.63) is 35.6 Å². The first kappa shape index (κ1) is 18.6. The number of likely N-dealkylation sites (N-methyl/N-ethyl adjacent to an activating group) is 1. The van der Waals surface area contributed by atoms with Crippen molar-refractivity contribution < 1.29 is 23.9 Å². The van der Waals surface area contributed by atoms with E-state index in [1.807, 2.05) is 0 Å². The zero-order valence-electron chi connectivity index (χ0n) is 13.4. The van der Waals surface area contributed by atoms with E-state index in [4.69, 9.17) is 5.11 Å². The minimum absolute atomic E-state index is 0.0347. The van der Waals surface area contributed by atoms with Gasteiger partial charge in [0.05, 0.1) is 12.0 Å². The molecule has 7 heteroatoms. The molecule has 1 atom stereocenters. The summed E-state index contributed by atoms with van der Waals surface area (Å²) in [5.41, 5.74) is -0.140. The lowest BCUT2D eigenvalue weighted by Crippen LogP contribution is -2.50. The SMILES string of the molecule is CC(C)C(NC(=O)c1ccccc1F)C(=O)N(C)CCC(=O)O. The molecule has 0 spiro atoms.